The molecular weight excluding hydrogens is 563 g/mol. The molecule has 4 unspecified atom stereocenters. The van der Waals surface area contributed by atoms with E-state index in [0.717, 1.165) is 42.5 Å². The number of ether oxygens (including phenoxy) is 2. The fourth-order valence-electron chi connectivity index (χ4n) is 8.23. The maximum Gasteiger partial charge on any atom is 0.169 e. The number of nitrogens with zero attached hydrogens (tertiary/aromatic N) is 2. The summed E-state index contributed by atoms with van der Waals surface area (Å²) >= 11 is 6.16. The minimum absolute atomic E-state index is 0.233. The summed E-state index contributed by atoms with van der Waals surface area (Å²) in [6.07, 6.45) is 13.5. The van der Waals surface area contributed by atoms with Gasteiger partial charge in [0.25, 0.3) is 0 Å². The van der Waals surface area contributed by atoms with Crippen molar-refractivity contribution in [1.82, 2.24) is 15.1 Å². The zero-order valence-electron chi connectivity index (χ0n) is 28.3. The van der Waals surface area contributed by atoms with Gasteiger partial charge in [-0.25, -0.2) is 0 Å². The standard InChI is InChI=1S/C38H57N3O2S/c1-7-9-10-11-12-13-16-39-38(44)41-18-15-30-23-36(42-5)37(43-6)24-33(30)35(41)22-31-21-34-32-20-27(4)26(3)19-29(32)14-17-40(34)25-28(31)8-2/h19-20,23-24,28,31,34-35H,7-18,21-22,25H2,1-6H3,(H,39,44). The van der Waals surface area contributed by atoms with Crippen LogP contribution in [0.25, 0.3) is 0 Å². The van der Waals surface area contributed by atoms with Crippen LogP contribution in [0.5, 0.6) is 11.5 Å². The van der Waals surface area contributed by atoms with Crippen molar-refractivity contribution in [3.63, 3.8) is 0 Å². The molecule has 0 amide bonds. The third kappa shape index (κ3) is 7.22. The van der Waals surface area contributed by atoms with Gasteiger partial charge in [0.1, 0.15) is 0 Å². The summed E-state index contributed by atoms with van der Waals surface area (Å²) in [6.45, 7) is 13.5. The van der Waals surface area contributed by atoms with E-state index in [9.17, 15) is 0 Å². The zero-order valence-corrected chi connectivity index (χ0v) is 29.2. The summed E-state index contributed by atoms with van der Waals surface area (Å²) in [7, 11) is 3.49. The third-order valence-corrected chi connectivity index (χ3v) is 11.4. The Morgan fingerprint density at radius 2 is 1.52 bits per heavy atom. The molecule has 44 heavy (non-hydrogen) atoms. The van der Waals surface area contributed by atoms with Gasteiger partial charge < -0.3 is 19.7 Å². The van der Waals surface area contributed by atoms with Crippen molar-refractivity contribution in [3.8, 4) is 11.5 Å². The topological polar surface area (TPSA) is 37.0 Å². The van der Waals surface area contributed by atoms with Gasteiger partial charge in [-0.05, 0) is 116 Å². The molecule has 3 aliphatic heterocycles. The van der Waals surface area contributed by atoms with Crippen molar-refractivity contribution in [1.29, 1.82) is 0 Å². The Hall–Kier alpha value is -2.31. The molecule has 0 aliphatic carbocycles. The van der Waals surface area contributed by atoms with E-state index in [-0.39, 0.29) is 6.04 Å². The van der Waals surface area contributed by atoms with E-state index in [4.69, 9.17) is 21.7 Å². The smallest absolute Gasteiger partial charge is 0.169 e. The number of hydrogen-bond donors (Lipinski definition) is 1. The molecule has 0 bridgehead atoms. The van der Waals surface area contributed by atoms with E-state index in [0.29, 0.717) is 17.9 Å². The van der Waals surface area contributed by atoms with Gasteiger partial charge in [0.05, 0.1) is 20.3 Å². The number of hydrogen-bond acceptors (Lipinski definition) is 4. The molecule has 3 heterocycles. The second-order valence-electron chi connectivity index (χ2n) is 13.7. The average Bonchev–Trinajstić information content (AvgIpc) is 3.04. The molecule has 1 fully saturated rings. The van der Waals surface area contributed by atoms with Crippen LogP contribution in [0, 0.1) is 25.7 Å². The molecule has 2 aromatic rings. The van der Waals surface area contributed by atoms with Gasteiger partial charge in [0.2, 0.25) is 0 Å². The molecular formula is C38H57N3O2S. The van der Waals surface area contributed by atoms with Gasteiger partial charge in [-0.2, -0.15) is 0 Å². The monoisotopic (exact) mass is 619 g/mol. The molecule has 2 aromatic carbocycles. The first-order chi connectivity index (χ1) is 21.4. The number of aryl methyl sites for hydroxylation is 2. The van der Waals surface area contributed by atoms with Crippen LogP contribution in [-0.4, -0.2) is 55.3 Å². The quantitative estimate of drug-likeness (QED) is 0.190. The first-order valence-corrected chi connectivity index (χ1v) is 17.9. The fourth-order valence-corrected chi connectivity index (χ4v) is 8.55. The van der Waals surface area contributed by atoms with Crippen molar-refractivity contribution in [3.05, 3.63) is 57.6 Å². The van der Waals surface area contributed by atoms with Crippen LogP contribution >= 0.6 is 12.2 Å². The highest BCUT2D eigenvalue weighted by Gasteiger charge is 2.41. The predicted molar refractivity (Wildman–Crippen MR) is 187 cm³/mol. The van der Waals surface area contributed by atoms with Gasteiger partial charge in [0, 0.05) is 32.2 Å². The lowest BCUT2D eigenvalue weighted by Crippen LogP contribution is -2.49. The van der Waals surface area contributed by atoms with Crippen LogP contribution in [-0.2, 0) is 12.8 Å². The summed E-state index contributed by atoms with van der Waals surface area (Å²) in [5.41, 5.74) is 8.76. The fraction of sp³-hybridized carbons (Fsp3) is 0.658. The Morgan fingerprint density at radius 3 is 2.27 bits per heavy atom. The van der Waals surface area contributed by atoms with Crippen molar-refractivity contribution >= 4 is 17.3 Å². The lowest BCUT2D eigenvalue weighted by Gasteiger charge is -2.49. The predicted octanol–water partition coefficient (Wildman–Crippen LogP) is 8.49. The number of methoxy groups -OCH3 is 2. The minimum Gasteiger partial charge on any atom is -0.493 e. The number of benzene rings is 2. The van der Waals surface area contributed by atoms with E-state index in [1.807, 2.05) is 0 Å². The molecule has 1 N–H and O–H groups in total. The van der Waals surface area contributed by atoms with Gasteiger partial charge in [-0.1, -0.05) is 64.5 Å². The Morgan fingerprint density at radius 1 is 0.841 bits per heavy atom. The van der Waals surface area contributed by atoms with Gasteiger partial charge >= 0.3 is 0 Å². The van der Waals surface area contributed by atoms with Crippen LogP contribution in [0.3, 0.4) is 0 Å². The van der Waals surface area contributed by atoms with Crippen LogP contribution < -0.4 is 14.8 Å². The second-order valence-corrected chi connectivity index (χ2v) is 14.0. The molecule has 5 nitrogen and oxygen atoms in total. The molecule has 0 aromatic heterocycles. The molecule has 1 saturated heterocycles. The van der Waals surface area contributed by atoms with Gasteiger partial charge in [-0.3, -0.25) is 4.90 Å². The number of rotatable bonds is 12. The lowest BCUT2D eigenvalue weighted by atomic mass is 9.72. The SMILES string of the molecule is CCCCCCCCNC(=S)N1CCc2cc(OC)c(OC)cc2C1CC1CC2c3cc(C)c(C)cc3CCN2CC1CC. The van der Waals surface area contributed by atoms with Crippen LogP contribution in [0.15, 0.2) is 24.3 Å². The number of nitrogens with one attached hydrogen (secondary N) is 1. The maximum atomic E-state index is 6.16. The number of thiocarbonyl (C=S) groups is 1. The molecule has 5 rings (SSSR count). The van der Waals surface area contributed by atoms with Crippen molar-refractivity contribution in [2.45, 2.75) is 110 Å². The highest BCUT2D eigenvalue weighted by Crippen LogP contribution is 2.48. The Balaban J connectivity index is 1.39. The van der Waals surface area contributed by atoms with E-state index >= 15 is 0 Å². The molecule has 0 saturated carbocycles. The first-order valence-electron chi connectivity index (χ1n) is 17.5. The number of unbranched alkanes of at least 4 members (excludes halogenated alkanes) is 5. The number of fused-ring (bicyclic) bond motifs is 4. The van der Waals surface area contributed by atoms with Gasteiger partial charge in [0.15, 0.2) is 16.6 Å². The Bertz CT molecular complexity index is 1280. The largest absolute Gasteiger partial charge is 0.493 e. The molecule has 3 aliphatic rings. The van der Waals surface area contributed by atoms with Crippen LogP contribution in [0.1, 0.15) is 117 Å². The highest BCUT2D eigenvalue weighted by atomic mass is 32.1. The average molecular weight is 620 g/mol. The molecule has 242 valence electrons. The van der Waals surface area contributed by atoms with Gasteiger partial charge in [-0.15, -0.1) is 0 Å². The highest BCUT2D eigenvalue weighted by molar-refractivity contribution is 7.80. The Labute approximate surface area is 273 Å². The lowest BCUT2D eigenvalue weighted by molar-refractivity contribution is 0.0378. The second kappa shape index (κ2) is 15.3. The van der Waals surface area contributed by atoms with E-state index in [1.165, 1.54) is 93.1 Å². The number of piperidine rings is 1. The Kier molecular flexibility index (Phi) is 11.5. The normalized spacial score (nSPS) is 23.0. The third-order valence-electron chi connectivity index (χ3n) is 11.0. The van der Waals surface area contributed by atoms with E-state index in [1.54, 1.807) is 25.3 Å². The zero-order chi connectivity index (χ0) is 31.2. The van der Waals surface area contributed by atoms with Crippen molar-refractivity contribution in [2.75, 3.05) is 40.4 Å². The van der Waals surface area contributed by atoms with Crippen LogP contribution in [0.4, 0.5) is 0 Å². The molecule has 0 spiro atoms. The summed E-state index contributed by atoms with van der Waals surface area (Å²) < 4.78 is 11.6. The summed E-state index contributed by atoms with van der Waals surface area (Å²) in [4.78, 5) is 5.32. The van der Waals surface area contributed by atoms with Crippen LogP contribution in [0.2, 0.25) is 0 Å². The van der Waals surface area contributed by atoms with E-state index < -0.39 is 0 Å². The molecule has 6 heteroatoms. The van der Waals surface area contributed by atoms with Crippen molar-refractivity contribution < 1.29 is 9.47 Å². The summed E-state index contributed by atoms with van der Waals surface area (Å²) in [6, 6.07) is 10.2. The van der Waals surface area contributed by atoms with E-state index in [2.05, 4.69) is 67.1 Å². The minimum atomic E-state index is 0.233. The maximum absolute atomic E-state index is 6.16. The summed E-state index contributed by atoms with van der Waals surface area (Å²) in [5, 5.41) is 4.60. The molecule has 4 atom stereocenters. The molecule has 0 radical (unpaired) electrons. The summed E-state index contributed by atoms with van der Waals surface area (Å²) in [5.74, 6) is 2.96. The first kappa shape index (κ1) is 33.1. The van der Waals surface area contributed by atoms with Crippen molar-refractivity contribution in [2.24, 2.45) is 11.8 Å².